The molecule has 1 amide bonds. The Labute approximate surface area is 100 Å². The molecular formula is C11H28N2O3. The van der Waals surface area contributed by atoms with Crippen LogP contribution >= 0.6 is 0 Å². The lowest BCUT2D eigenvalue weighted by Gasteiger charge is -2.15. The molecule has 0 radical (unpaired) electrons. The highest BCUT2D eigenvalue weighted by molar-refractivity contribution is 5.66. The van der Waals surface area contributed by atoms with Crippen LogP contribution in [0.25, 0.3) is 0 Å². The van der Waals surface area contributed by atoms with Crippen LogP contribution in [0.15, 0.2) is 0 Å². The number of carbonyl (C=O) groups is 1. The summed E-state index contributed by atoms with van der Waals surface area (Å²) in [4.78, 5) is 10.8. The molecule has 0 aromatic carbocycles. The van der Waals surface area contributed by atoms with E-state index in [9.17, 15) is 4.79 Å². The molecule has 5 nitrogen and oxygen atoms in total. The average molecular weight is 236 g/mol. The maximum absolute atomic E-state index is 10.8. The van der Waals surface area contributed by atoms with Crippen LogP contribution in [0.3, 0.4) is 0 Å². The van der Waals surface area contributed by atoms with Gasteiger partial charge in [0.1, 0.15) is 6.10 Å². The Morgan fingerprint density at radius 3 is 2.56 bits per heavy atom. The summed E-state index contributed by atoms with van der Waals surface area (Å²) < 4.78 is 10.2. The van der Waals surface area contributed by atoms with Crippen molar-refractivity contribution in [2.75, 3.05) is 26.8 Å². The van der Waals surface area contributed by atoms with E-state index in [1.54, 1.807) is 0 Å². The number of unbranched alkanes of at least 4 members (excludes halogenated alkanes) is 1. The molecule has 0 heterocycles. The van der Waals surface area contributed by atoms with Gasteiger partial charge in [-0.3, -0.25) is 0 Å². The lowest BCUT2D eigenvalue weighted by molar-refractivity contribution is 0.0239. The first-order valence-electron chi connectivity index (χ1n) is 5.90. The number of carbonyl (C=O) groups excluding carboxylic acids is 1. The van der Waals surface area contributed by atoms with Crippen LogP contribution in [0.1, 0.15) is 35.0 Å². The highest BCUT2D eigenvalue weighted by atomic mass is 16.6. The van der Waals surface area contributed by atoms with Crippen molar-refractivity contribution in [2.24, 2.45) is 5.73 Å². The quantitative estimate of drug-likeness (QED) is 0.661. The average Bonchev–Trinajstić information content (AvgIpc) is 2.35. The minimum Gasteiger partial charge on any atom is -0.442 e. The van der Waals surface area contributed by atoms with Crippen molar-refractivity contribution < 1.29 is 15.7 Å². The van der Waals surface area contributed by atoms with Gasteiger partial charge >= 0.3 is 6.09 Å². The number of hydrogen-bond acceptors (Lipinski definition) is 4. The molecular weight excluding hydrogens is 208 g/mol. The smallest absolute Gasteiger partial charge is 0.407 e. The first-order chi connectivity index (χ1) is 7.74. The minimum absolute atomic E-state index is 0. The largest absolute Gasteiger partial charge is 0.442 e. The molecule has 0 aliphatic rings. The van der Waals surface area contributed by atoms with Crippen molar-refractivity contribution in [3.8, 4) is 0 Å². The zero-order valence-corrected chi connectivity index (χ0v) is 10.9. The number of amides is 1. The number of nitrogens with one attached hydrogen (secondary N) is 1. The Kier molecular flexibility index (Phi) is 15.6. The Balaban J connectivity index is -0.000000616. The second-order valence-electron chi connectivity index (χ2n) is 2.94. The first-order valence-corrected chi connectivity index (χ1v) is 5.90. The summed E-state index contributed by atoms with van der Waals surface area (Å²) in [6.45, 7) is 7.42. The number of hydrogen-bond donors (Lipinski definition) is 2. The van der Waals surface area contributed by atoms with Gasteiger partial charge < -0.3 is 20.5 Å². The van der Waals surface area contributed by atoms with E-state index in [0.29, 0.717) is 13.2 Å². The van der Waals surface area contributed by atoms with E-state index in [4.69, 9.17) is 15.2 Å². The van der Waals surface area contributed by atoms with Crippen LogP contribution < -0.4 is 11.1 Å². The van der Waals surface area contributed by atoms with Crippen molar-refractivity contribution in [3.05, 3.63) is 0 Å². The lowest BCUT2D eigenvalue weighted by atomic mass is 10.3. The molecule has 0 aliphatic carbocycles. The summed E-state index contributed by atoms with van der Waals surface area (Å²) in [5.74, 6) is 0. The zero-order chi connectivity index (χ0) is 12.8. The summed E-state index contributed by atoms with van der Waals surface area (Å²) in [5, 5.41) is 2.36. The number of rotatable bonds is 7. The third-order valence-electron chi connectivity index (χ3n) is 1.69. The molecule has 0 spiro atoms. The normalized spacial score (nSPS) is 11.1. The summed E-state index contributed by atoms with van der Waals surface area (Å²) in [6, 6.07) is 0. The van der Waals surface area contributed by atoms with Crippen LogP contribution in [0.5, 0.6) is 0 Å². The summed E-state index contributed by atoms with van der Waals surface area (Å²) in [7, 11) is 1.51. The van der Waals surface area contributed by atoms with E-state index in [1.165, 1.54) is 7.05 Å². The third kappa shape index (κ3) is 11.3. The van der Waals surface area contributed by atoms with Gasteiger partial charge in [-0.25, -0.2) is 4.79 Å². The van der Waals surface area contributed by atoms with Crippen LogP contribution in [-0.2, 0) is 9.47 Å². The fraction of sp³-hybridized carbons (Fsp3) is 0.909. The lowest BCUT2D eigenvalue weighted by Crippen LogP contribution is -2.34. The second-order valence-corrected chi connectivity index (χ2v) is 2.94. The predicted molar refractivity (Wildman–Crippen MR) is 67.6 cm³/mol. The molecule has 0 saturated heterocycles. The fourth-order valence-corrected chi connectivity index (χ4v) is 0.822. The number of ether oxygens (including phenoxy) is 2. The number of nitrogens with two attached hydrogens (primary N) is 1. The van der Waals surface area contributed by atoms with Gasteiger partial charge in [-0.15, -0.1) is 0 Å². The van der Waals surface area contributed by atoms with Gasteiger partial charge in [-0.05, 0) is 6.42 Å². The van der Waals surface area contributed by atoms with Gasteiger partial charge in [-0.2, -0.15) is 0 Å². The standard InChI is InChI=1S/C9H20N2O3.C2H6.H2/c1-3-4-5-13-7-8(6-10)14-9(12)11-2;1-2;/h8H,3-7,10H2,1-2H3,(H,11,12);1-2H3;1H. The van der Waals surface area contributed by atoms with Crippen LogP contribution in [0, 0.1) is 0 Å². The molecule has 0 aromatic rings. The van der Waals surface area contributed by atoms with Gasteiger partial charge in [0.15, 0.2) is 0 Å². The molecule has 0 aliphatic heterocycles. The topological polar surface area (TPSA) is 73.6 Å². The van der Waals surface area contributed by atoms with Gasteiger partial charge in [0.05, 0.1) is 6.61 Å². The molecule has 100 valence electrons. The highest BCUT2D eigenvalue weighted by Gasteiger charge is 2.11. The SMILES string of the molecule is CC.CCCCOCC(CN)OC(=O)NC.[HH]. The van der Waals surface area contributed by atoms with Crippen LogP contribution in [0.2, 0.25) is 0 Å². The molecule has 3 N–H and O–H groups in total. The van der Waals surface area contributed by atoms with E-state index < -0.39 is 6.09 Å². The molecule has 0 rings (SSSR count). The van der Waals surface area contributed by atoms with Crippen molar-refractivity contribution in [3.63, 3.8) is 0 Å². The highest BCUT2D eigenvalue weighted by Crippen LogP contribution is 1.94. The van der Waals surface area contributed by atoms with E-state index in [1.807, 2.05) is 13.8 Å². The zero-order valence-electron chi connectivity index (χ0n) is 10.9. The molecule has 1 atom stereocenters. The van der Waals surface area contributed by atoms with Crippen molar-refractivity contribution >= 4 is 6.09 Å². The monoisotopic (exact) mass is 236 g/mol. The maximum atomic E-state index is 10.8. The Morgan fingerprint density at radius 2 is 2.12 bits per heavy atom. The summed E-state index contributed by atoms with van der Waals surface area (Å²) >= 11 is 0. The van der Waals surface area contributed by atoms with Crippen molar-refractivity contribution in [1.82, 2.24) is 5.32 Å². The third-order valence-corrected chi connectivity index (χ3v) is 1.69. The van der Waals surface area contributed by atoms with E-state index in [0.717, 1.165) is 12.8 Å². The van der Waals surface area contributed by atoms with E-state index in [2.05, 4.69) is 12.2 Å². The Hall–Kier alpha value is -0.810. The van der Waals surface area contributed by atoms with E-state index in [-0.39, 0.29) is 14.1 Å². The Bertz CT molecular complexity index is 160. The maximum Gasteiger partial charge on any atom is 0.407 e. The van der Waals surface area contributed by atoms with Gasteiger partial charge in [0.2, 0.25) is 0 Å². The van der Waals surface area contributed by atoms with Gasteiger partial charge in [-0.1, -0.05) is 27.2 Å². The molecule has 0 aromatic heterocycles. The van der Waals surface area contributed by atoms with E-state index >= 15 is 0 Å². The summed E-state index contributed by atoms with van der Waals surface area (Å²) in [5.41, 5.74) is 5.41. The first kappa shape index (κ1) is 17.6. The molecule has 0 fully saturated rings. The second kappa shape index (κ2) is 14.2. The van der Waals surface area contributed by atoms with Crippen LogP contribution in [-0.4, -0.2) is 39.0 Å². The predicted octanol–water partition coefficient (Wildman–Crippen LogP) is 1.76. The van der Waals surface area contributed by atoms with Crippen molar-refractivity contribution in [1.29, 1.82) is 0 Å². The molecule has 0 saturated carbocycles. The van der Waals surface area contributed by atoms with Crippen molar-refractivity contribution in [2.45, 2.75) is 39.7 Å². The number of alkyl carbamates (subject to hydrolysis) is 1. The van der Waals surface area contributed by atoms with Crippen LogP contribution in [0.4, 0.5) is 4.79 Å². The van der Waals surface area contributed by atoms with Gasteiger partial charge in [0, 0.05) is 21.6 Å². The van der Waals surface area contributed by atoms with Gasteiger partial charge in [0.25, 0.3) is 0 Å². The Morgan fingerprint density at radius 1 is 1.50 bits per heavy atom. The fourth-order valence-electron chi connectivity index (χ4n) is 0.822. The molecule has 16 heavy (non-hydrogen) atoms. The molecule has 5 heteroatoms. The summed E-state index contributed by atoms with van der Waals surface area (Å²) in [6.07, 6.45) is 1.27. The molecule has 0 bridgehead atoms. The minimum atomic E-state index is -0.473. The molecule has 1 unspecified atom stereocenters.